The van der Waals surface area contributed by atoms with Gasteiger partial charge in [-0.1, -0.05) is 28.1 Å². The molecular formula is C20H14BrN3O2S. The average molecular weight is 440 g/mol. The lowest BCUT2D eigenvalue weighted by atomic mass is 10.2. The van der Waals surface area contributed by atoms with Crippen LogP contribution in [0.5, 0.6) is 0 Å². The molecule has 27 heavy (non-hydrogen) atoms. The fourth-order valence-electron chi connectivity index (χ4n) is 2.30. The van der Waals surface area contributed by atoms with Gasteiger partial charge in [0.1, 0.15) is 16.6 Å². The molecule has 5 nitrogen and oxygen atoms in total. The number of nitrogens with zero attached hydrogens (tertiary/aromatic N) is 2. The lowest BCUT2D eigenvalue weighted by Crippen LogP contribution is -2.00. The molecule has 3 aromatic rings. The molecule has 0 unspecified atom stereocenters. The van der Waals surface area contributed by atoms with Crippen molar-refractivity contribution in [3.63, 3.8) is 0 Å². The van der Waals surface area contributed by atoms with Gasteiger partial charge < -0.3 is 10.1 Å². The van der Waals surface area contributed by atoms with Crippen molar-refractivity contribution in [3.8, 4) is 17.3 Å². The third kappa shape index (κ3) is 4.61. The molecule has 1 aromatic heterocycles. The van der Waals surface area contributed by atoms with Crippen LogP contribution in [0.2, 0.25) is 0 Å². The predicted octanol–water partition coefficient (Wildman–Crippen LogP) is 5.34. The number of allylic oxidation sites excluding steroid dienone is 1. The SMILES string of the molecule is COC(=O)c1ccc(NC=C(C#N)c2nc(-c3cccc(Br)c3)cs2)cc1. The molecule has 2 aromatic carbocycles. The maximum atomic E-state index is 11.5. The molecule has 0 spiro atoms. The van der Waals surface area contributed by atoms with Crippen LogP contribution in [0, 0.1) is 11.3 Å². The molecular weight excluding hydrogens is 426 g/mol. The Labute approximate surface area is 169 Å². The minimum atomic E-state index is -0.391. The summed E-state index contributed by atoms with van der Waals surface area (Å²) in [4.78, 5) is 16.0. The highest BCUT2D eigenvalue weighted by atomic mass is 79.9. The topological polar surface area (TPSA) is 75.0 Å². The van der Waals surface area contributed by atoms with Gasteiger partial charge in [0, 0.05) is 27.3 Å². The number of halogens is 1. The molecule has 0 aliphatic heterocycles. The molecule has 0 amide bonds. The van der Waals surface area contributed by atoms with E-state index in [1.165, 1.54) is 18.4 Å². The van der Waals surface area contributed by atoms with E-state index in [4.69, 9.17) is 0 Å². The van der Waals surface area contributed by atoms with Gasteiger partial charge in [-0.15, -0.1) is 11.3 Å². The third-order valence-corrected chi connectivity index (χ3v) is 5.03. The second-order valence-electron chi connectivity index (χ2n) is 5.43. The Hall–Kier alpha value is -2.95. The summed E-state index contributed by atoms with van der Waals surface area (Å²) < 4.78 is 5.65. The van der Waals surface area contributed by atoms with Gasteiger partial charge >= 0.3 is 5.97 Å². The van der Waals surface area contributed by atoms with Crippen LogP contribution in [-0.2, 0) is 4.74 Å². The summed E-state index contributed by atoms with van der Waals surface area (Å²) in [5.41, 5.74) is 3.44. The second kappa shape index (κ2) is 8.62. The number of thiazole rings is 1. The average Bonchev–Trinajstić information content (AvgIpc) is 3.18. The van der Waals surface area contributed by atoms with E-state index in [0.717, 1.165) is 21.4 Å². The Morgan fingerprint density at radius 2 is 2.07 bits per heavy atom. The van der Waals surface area contributed by atoms with Crippen molar-refractivity contribution in [1.29, 1.82) is 5.26 Å². The summed E-state index contributed by atoms with van der Waals surface area (Å²) in [5, 5.41) is 15.1. The maximum absolute atomic E-state index is 11.5. The second-order valence-corrected chi connectivity index (χ2v) is 7.21. The van der Waals surface area contributed by atoms with Crippen LogP contribution in [0.15, 0.2) is 64.6 Å². The van der Waals surface area contributed by atoms with Crippen molar-refractivity contribution >= 4 is 44.5 Å². The maximum Gasteiger partial charge on any atom is 0.337 e. The van der Waals surface area contributed by atoms with Crippen molar-refractivity contribution < 1.29 is 9.53 Å². The van der Waals surface area contributed by atoms with Gasteiger partial charge in [-0.3, -0.25) is 0 Å². The number of hydrogen-bond acceptors (Lipinski definition) is 6. The number of methoxy groups -OCH3 is 1. The predicted molar refractivity (Wildman–Crippen MR) is 110 cm³/mol. The van der Waals surface area contributed by atoms with E-state index in [-0.39, 0.29) is 0 Å². The van der Waals surface area contributed by atoms with Gasteiger partial charge in [0.05, 0.1) is 18.4 Å². The van der Waals surface area contributed by atoms with Crippen molar-refractivity contribution in [3.05, 3.63) is 75.2 Å². The zero-order valence-corrected chi connectivity index (χ0v) is 16.7. The summed E-state index contributed by atoms with van der Waals surface area (Å²) in [6.45, 7) is 0. The molecule has 0 saturated heterocycles. The van der Waals surface area contributed by atoms with Gasteiger partial charge in [0.15, 0.2) is 0 Å². The molecule has 0 saturated carbocycles. The number of ether oxygens (including phenoxy) is 1. The number of aromatic nitrogens is 1. The lowest BCUT2D eigenvalue weighted by Gasteiger charge is -2.03. The third-order valence-electron chi connectivity index (χ3n) is 3.66. The quantitative estimate of drug-likeness (QED) is 0.429. The van der Waals surface area contributed by atoms with Crippen molar-refractivity contribution in [1.82, 2.24) is 4.98 Å². The Morgan fingerprint density at radius 1 is 1.30 bits per heavy atom. The Kier molecular flexibility index (Phi) is 6.01. The molecule has 7 heteroatoms. The van der Waals surface area contributed by atoms with E-state index in [0.29, 0.717) is 16.1 Å². The Balaban J connectivity index is 1.77. The number of anilines is 1. The van der Waals surface area contributed by atoms with Gasteiger partial charge in [-0.05, 0) is 36.4 Å². The monoisotopic (exact) mass is 439 g/mol. The molecule has 0 aliphatic carbocycles. The van der Waals surface area contributed by atoms with Crippen LogP contribution in [0.3, 0.4) is 0 Å². The fourth-order valence-corrected chi connectivity index (χ4v) is 3.49. The fraction of sp³-hybridized carbons (Fsp3) is 0.0500. The highest BCUT2D eigenvalue weighted by Gasteiger charge is 2.09. The first kappa shape index (κ1) is 18.8. The summed E-state index contributed by atoms with van der Waals surface area (Å²) in [6, 6.07) is 16.8. The van der Waals surface area contributed by atoms with Gasteiger partial charge in [-0.2, -0.15) is 5.26 Å². The molecule has 0 bridgehead atoms. The minimum Gasteiger partial charge on any atom is -0.465 e. The first-order chi connectivity index (χ1) is 13.1. The molecule has 134 valence electrons. The smallest absolute Gasteiger partial charge is 0.337 e. The Bertz CT molecular complexity index is 1040. The zero-order valence-electron chi connectivity index (χ0n) is 14.3. The number of nitriles is 1. The van der Waals surface area contributed by atoms with E-state index in [1.54, 1.807) is 30.5 Å². The first-order valence-corrected chi connectivity index (χ1v) is 9.55. The summed E-state index contributed by atoms with van der Waals surface area (Å²) in [5.74, 6) is -0.391. The highest BCUT2D eigenvalue weighted by Crippen LogP contribution is 2.27. The van der Waals surface area contributed by atoms with Crippen molar-refractivity contribution in [2.75, 3.05) is 12.4 Å². The number of esters is 1. The molecule has 0 aliphatic rings. The van der Waals surface area contributed by atoms with Crippen LogP contribution < -0.4 is 5.32 Å². The minimum absolute atomic E-state index is 0.391. The molecule has 0 radical (unpaired) electrons. The standard InChI is InChI=1S/C20H14BrN3O2S/c1-26-20(25)13-5-7-17(8-6-13)23-11-15(10-22)19-24-18(12-27-19)14-3-2-4-16(21)9-14/h2-9,11-12,23H,1H3. The Morgan fingerprint density at radius 3 is 2.74 bits per heavy atom. The van der Waals surface area contributed by atoms with Crippen molar-refractivity contribution in [2.45, 2.75) is 0 Å². The van der Waals surface area contributed by atoms with E-state index >= 15 is 0 Å². The van der Waals surface area contributed by atoms with E-state index in [1.807, 2.05) is 29.6 Å². The molecule has 0 fully saturated rings. The summed E-state index contributed by atoms with van der Waals surface area (Å²) in [6.07, 6.45) is 1.61. The van der Waals surface area contributed by atoms with Crippen LogP contribution >= 0.6 is 27.3 Å². The summed E-state index contributed by atoms with van der Waals surface area (Å²) >= 11 is 4.86. The van der Waals surface area contributed by atoms with Crippen LogP contribution in [-0.4, -0.2) is 18.1 Å². The van der Waals surface area contributed by atoms with Crippen LogP contribution in [0.25, 0.3) is 16.8 Å². The van der Waals surface area contributed by atoms with E-state index in [9.17, 15) is 10.1 Å². The number of carbonyl (C=O) groups is 1. The van der Waals surface area contributed by atoms with Gasteiger partial charge in [0.25, 0.3) is 0 Å². The van der Waals surface area contributed by atoms with Crippen LogP contribution in [0.4, 0.5) is 5.69 Å². The van der Waals surface area contributed by atoms with E-state index in [2.05, 4.69) is 37.0 Å². The number of rotatable bonds is 5. The van der Waals surface area contributed by atoms with Gasteiger partial charge in [0.2, 0.25) is 0 Å². The molecule has 3 rings (SSSR count). The van der Waals surface area contributed by atoms with Crippen LogP contribution in [0.1, 0.15) is 15.4 Å². The molecule has 1 N–H and O–H groups in total. The first-order valence-electron chi connectivity index (χ1n) is 7.87. The number of nitrogens with one attached hydrogen (secondary N) is 1. The number of benzene rings is 2. The normalized spacial score (nSPS) is 10.9. The highest BCUT2D eigenvalue weighted by molar-refractivity contribution is 9.10. The van der Waals surface area contributed by atoms with Gasteiger partial charge in [-0.25, -0.2) is 9.78 Å². The zero-order chi connectivity index (χ0) is 19.2. The lowest BCUT2D eigenvalue weighted by molar-refractivity contribution is 0.0601. The number of hydrogen-bond donors (Lipinski definition) is 1. The molecule has 0 atom stereocenters. The largest absolute Gasteiger partial charge is 0.465 e. The van der Waals surface area contributed by atoms with Crippen molar-refractivity contribution in [2.24, 2.45) is 0 Å². The number of carbonyl (C=O) groups excluding carboxylic acids is 1. The molecule has 1 heterocycles. The summed E-state index contributed by atoms with van der Waals surface area (Å²) in [7, 11) is 1.34. The van der Waals surface area contributed by atoms with E-state index < -0.39 is 5.97 Å².